The Morgan fingerprint density at radius 2 is 2.00 bits per heavy atom. The Balaban J connectivity index is 2.08. The van der Waals surface area contributed by atoms with E-state index in [9.17, 15) is 15.0 Å². The summed E-state index contributed by atoms with van der Waals surface area (Å²) in [6.45, 7) is 5.59. The van der Waals surface area contributed by atoms with Gasteiger partial charge in [-0.15, -0.1) is 0 Å². The molecule has 0 bridgehead atoms. The van der Waals surface area contributed by atoms with Crippen molar-refractivity contribution < 1.29 is 19.7 Å². The number of ether oxygens (including phenoxy) is 1. The highest BCUT2D eigenvalue weighted by Gasteiger charge is 2.45. The number of carboxylic acid groups (broad SMARTS) is 1. The Bertz CT molecular complexity index is 563. The van der Waals surface area contributed by atoms with Crippen molar-refractivity contribution in [3.05, 3.63) is 29.3 Å². The zero-order valence-corrected chi connectivity index (χ0v) is 12.4. The summed E-state index contributed by atoms with van der Waals surface area (Å²) in [7, 11) is 0. The number of nitrogens with zero attached hydrogens (tertiary/aromatic N) is 1. The molecule has 0 aliphatic carbocycles. The van der Waals surface area contributed by atoms with Gasteiger partial charge in [0.1, 0.15) is 17.5 Å². The quantitative estimate of drug-likeness (QED) is 0.872. The van der Waals surface area contributed by atoms with E-state index in [2.05, 4.69) is 4.90 Å². The molecule has 1 aromatic rings. The molecule has 5 nitrogen and oxygen atoms in total. The van der Waals surface area contributed by atoms with Crippen LogP contribution in [0.1, 0.15) is 48.7 Å². The predicted octanol–water partition coefficient (Wildman–Crippen LogP) is 2.05. The van der Waals surface area contributed by atoms with Gasteiger partial charge in [0.05, 0.1) is 11.6 Å². The van der Waals surface area contributed by atoms with E-state index in [1.54, 1.807) is 18.2 Å². The van der Waals surface area contributed by atoms with E-state index >= 15 is 0 Å². The van der Waals surface area contributed by atoms with Crippen LogP contribution in [0.2, 0.25) is 0 Å². The van der Waals surface area contributed by atoms with E-state index in [1.165, 1.54) is 0 Å². The van der Waals surface area contributed by atoms with Gasteiger partial charge in [-0.2, -0.15) is 0 Å². The average molecular weight is 291 g/mol. The molecular formula is C16H21NO4. The number of benzene rings is 1. The first-order chi connectivity index (χ1) is 9.90. The molecule has 0 saturated carbocycles. The molecule has 2 N–H and O–H groups in total. The lowest BCUT2D eigenvalue weighted by atomic mass is 9.85. The number of aromatic carboxylic acids is 1. The maximum atomic E-state index is 11.2. The van der Waals surface area contributed by atoms with Crippen LogP contribution in [0.3, 0.4) is 0 Å². The molecule has 0 aromatic heterocycles. The molecule has 2 heterocycles. The highest BCUT2D eigenvalue weighted by atomic mass is 16.5. The standard InChI is InChI=1S/C16H21NO4/c1-16(2)14(18)13(17-7-3-4-8-17)11-9-10(15(19)20)5-6-12(11)21-16/h5-6,9,13-14,18H,3-4,7-8H2,1-2H3,(H,19,20)/t13-,14+/m1/s1. The minimum atomic E-state index is -0.961. The zero-order valence-electron chi connectivity index (χ0n) is 12.4. The molecule has 2 aliphatic rings. The van der Waals surface area contributed by atoms with E-state index in [4.69, 9.17) is 4.74 Å². The number of likely N-dealkylation sites (tertiary alicyclic amines) is 1. The summed E-state index contributed by atoms with van der Waals surface area (Å²) in [5.74, 6) is -0.288. The van der Waals surface area contributed by atoms with Crippen LogP contribution in [0.15, 0.2) is 18.2 Å². The molecule has 2 aliphatic heterocycles. The maximum Gasteiger partial charge on any atom is 0.335 e. The zero-order chi connectivity index (χ0) is 15.2. The number of hydrogen-bond acceptors (Lipinski definition) is 4. The molecule has 0 spiro atoms. The fourth-order valence-electron chi connectivity index (χ4n) is 3.32. The van der Waals surface area contributed by atoms with Crippen LogP contribution in [0, 0.1) is 0 Å². The molecule has 5 heteroatoms. The van der Waals surface area contributed by atoms with Crippen molar-refractivity contribution >= 4 is 5.97 Å². The Labute approximate surface area is 124 Å². The van der Waals surface area contributed by atoms with Gasteiger partial charge in [-0.25, -0.2) is 4.79 Å². The number of aliphatic hydroxyl groups excluding tert-OH is 1. The van der Waals surface area contributed by atoms with Gasteiger partial charge in [0.2, 0.25) is 0 Å². The second-order valence-electron chi connectivity index (χ2n) is 6.40. The SMILES string of the molecule is CC1(C)Oc2ccc(C(=O)O)cc2[C@@H](N2CCCC2)[C@@H]1O. The summed E-state index contributed by atoms with van der Waals surface area (Å²) in [5.41, 5.74) is 0.322. The first kappa shape index (κ1) is 14.4. The fourth-order valence-corrected chi connectivity index (χ4v) is 3.32. The van der Waals surface area contributed by atoms with Gasteiger partial charge in [0.25, 0.3) is 0 Å². The minimum Gasteiger partial charge on any atom is -0.485 e. The monoisotopic (exact) mass is 291 g/mol. The van der Waals surface area contributed by atoms with Crippen LogP contribution in [0.25, 0.3) is 0 Å². The normalized spacial score (nSPS) is 28.0. The van der Waals surface area contributed by atoms with E-state index < -0.39 is 17.7 Å². The predicted molar refractivity (Wildman–Crippen MR) is 77.7 cm³/mol. The molecule has 1 saturated heterocycles. The molecule has 0 radical (unpaired) electrons. The third-order valence-corrected chi connectivity index (χ3v) is 4.49. The van der Waals surface area contributed by atoms with Crippen LogP contribution in [0.4, 0.5) is 0 Å². The largest absolute Gasteiger partial charge is 0.485 e. The minimum absolute atomic E-state index is 0.203. The first-order valence-corrected chi connectivity index (χ1v) is 7.38. The smallest absolute Gasteiger partial charge is 0.335 e. The number of fused-ring (bicyclic) bond motifs is 1. The van der Waals surface area contributed by atoms with E-state index in [-0.39, 0.29) is 11.6 Å². The topological polar surface area (TPSA) is 70.0 Å². The van der Waals surface area contributed by atoms with Crippen molar-refractivity contribution in [1.82, 2.24) is 4.90 Å². The van der Waals surface area contributed by atoms with Crippen LogP contribution in [-0.2, 0) is 0 Å². The fraction of sp³-hybridized carbons (Fsp3) is 0.562. The van der Waals surface area contributed by atoms with Crippen LogP contribution in [0.5, 0.6) is 5.75 Å². The average Bonchev–Trinajstić information content (AvgIpc) is 2.93. The number of carbonyl (C=O) groups is 1. The third-order valence-electron chi connectivity index (χ3n) is 4.49. The Morgan fingerprint density at radius 3 is 2.62 bits per heavy atom. The van der Waals surface area contributed by atoms with Crippen LogP contribution >= 0.6 is 0 Å². The summed E-state index contributed by atoms with van der Waals surface area (Å²) < 4.78 is 5.89. The molecular weight excluding hydrogens is 270 g/mol. The van der Waals surface area contributed by atoms with Crippen molar-refractivity contribution in [3.8, 4) is 5.75 Å². The number of hydrogen-bond donors (Lipinski definition) is 2. The van der Waals surface area contributed by atoms with Gasteiger partial charge in [0.15, 0.2) is 0 Å². The lowest BCUT2D eigenvalue weighted by Crippen LogP contribution is -2.53. The summed E-state index contributed by atoms with van der Waals surface area (Å²) >= 11 is 0. The number of rotatable bonds is 2. The van der Waals surface area contributed by atoms with Gasteiger partial charge in [-0.3, -0.25) is 4.90 Å². The summed E-state index contributed by atoms with van der Waals surface area (Å²) in [4.78, 5) is 13.4. The molecule has 0 unspecified atom stereocenters. The van der Waals surface area contributed by atoms with Gasteiger partial charge < -0.3 is 14.9 Å². The lowest BCUT2D eigenvalue weighted by Gasteiger charge is -2.45. The highest BCUT2D eigenvalue weighted by Crippen LogP contribution is 2.44. The lowest BCUT2D eigenvalue weighted by molar-refractivity contribution is -0.0895. The van der Waals surface area contributed by atoms with Gasteiger partial charge in [0, 0.05) is 5.56 Å². The Morgan fingerprint density at radius 1 is 1.33 bits per heavy atom. The summed E-state index contributed by atoms with van der Waals surface area (Å²) in [6.07, 6.45) is 1.53. The van der Waals surface area contributed by atoms with Gasteiger partial charge in [-0.1, -0.05) is 0 Å². The first-order valence-electron chi connectivity index (χ1n) is 7.38. The van der Waals surface area contributed by atoms with Crippen molar-refractivity contribution in [1.29, 1.82) is 0 Å². The van der Waals surface area contributed by atoms with Crippen molar-refractivity contribution in [2.75, 3.05) is 13.1 Å². The molecule has 2 atom stereocenters. The second-order valence-corrected chi connectivity index (χ2v) is 6.40. The molecule has 1 aromatic carbocycles. The van der Waals surface area contributed by atoms with Crippen molar-refractivity contribution in [2.24, 2.45) is 0 Å². The molecule has 21 heavy (non-hydrogen) atoms. The molecule has 3 rings (SSSR count). The van der Waals surface area contributed by atoms with Crippen molar-refractivity contribution in [2.45, 2.75) is 44.4 Å². The van der Waals surface area contributed by atoms with Crippen LogP contribution < -0.4 is 4.74 Å². The van der Waals surface area contributed by atoms with E-state index in [0.717, 1.165) is 31.5 Å². The van der Waals surface area contributed by atoms with E-state index in [0.29, 0.717) is 5.75 Å². The highest BCUT2D eigenvalue weighted by molar-refractivity contribution is 5.88. The Hall–Kier alpha value is -1.59. The number of carboxylic acids is 1. The molecule has 1 fully saturated rings. The number of aliphatic hydroxyl groups is 1. The Kier molecular flexibility index (Phi) is 3.42. The van der Waals surface area contributed by atoms with E-state index in [1.807, 2.05) is 13.8 Å². The van der Waals surface area contributed by atoms with Gasteiger partial charge in [-0.05, 0) is 58.0 Å². The second kappa shape index (κ2) is 5.00. The molecule has 114 valence electrons. The molecule has 0 amide bonds. The van der Waals surface area contributed by atoms with Crippen molar-refractivity contribution in [3.63, 3.8) is 0 Å². The van der Waals surface area contributed by atoms with Crippen LogP contribution in [-0.4, -0.2) is 45.9 Å². The summed E-state index contributed by atoms with van der Waals surface area (Å²) in [6, 6.07) is 4.69. The summed E-state index contributed by atoms with van der Waals surface area (Å²) in [5, 5.41) is 19.9. The maximum absolute atomic E-state index is 11.2. The third kappa shape index (κ3) is 2.40. The van der Waals surface area contributed by atoms with Gasteiger partial charge >= 0.3 is 5.97 Å².